The van der Waals surface area contributed by atoms with Crippen LogP contribution >= 0.6 is 0 Å². The van der Waals surface area contributed by atoms with Crippen molar-refractivity contribution < 1.29 is 4.79 Å². The van der Waals surface area contributed by atoms with E-state index in [1.54, 1.807) is 0 Å². The molecule has 0 aromatic heterocycles. The molecule has 2 amide bonds. The molecule has 15 heavy (non-hydrogen) atoms. The number of nitrogens with zero attached hydrogens (tertiary/aromatic N) is 1. The average molecular weight is 213 g/mol. The molecule has 1 saturated carbocycles. The van der Waals surface area contributed by atoms with Gasteiger partial charge >= 0.3 is 6.03 Å². The Kier molecular flexibility index (Phi) is 5.47. The Morgan fingerprint density at radius 1 is 1.33 bits per heavy atom. The first-order valence-corrected chi connectivity index (χ1v) is 6.03. The summed E-state index contributed by atoms with van der Waals surface area (Å²) in [6.07, 6.45) is 3.54. The van der Waals surface area contributed by atoms with Crippen molar-refractivity contribution in [2.45, 2.75) is 39.2 Å². The Morgan fingerprint density at radius 3 is 2.47 bits per heavy atom. The van der Waals surface area contributed by atoms with Crippen LogP contribution in [0.15, 0.2) is 0 Å². The first kappa shape index (κ1) is 12.3. The van der Waals surface area contributed by atoms with Crippen LogP contribution < -0.4 is 10.6 Å². The molecule has 0 radical (unpaired) electrons. The Hall–Kier alpha value is -0.770. The Labute approximate surface area is 92.4 Å². The molecule has 0 unspecified atom stereocenters. The van der Waals surface area contributed by atoms with Crippen LogP contribution in [0.5, 0.6) is 0 Å². The number of urea groups is 1. The van der Waals surface area contributed by atoms with Gasteiger partial charge in [-0.3, -0.25) is 0 Å². The SMILES string of the molecule is CCN(CC)CCNC(=O)NC1CCC1. The standard InChI is InChI=1S/C11H23N3O/c1-3-14(4-2)9-8-12-11(15)13-10-6-5-7-10/h10H,3-9H2,1-2H3,(H2,12,13,15). The van der Waals surface area contributed by atoms with Crippen LogP contribution in [-0.4, -0.2) is 43.2 Å². The molecule has 1 fully saturated rings. The lowest BCUT2D eigenvalue weighted by molar-refractivity contribution is 0.225. The molecule has 88 valence electrons. The van der Waals surface area contributed by atoms with E-state index in [0.717, 1.165) is 39.0 Å². The highest BCUT2D eigenvalue weighted by atomic mass is 16.2. The molecule has 2 N–H and O–H groups in total. The van der Waals surface area contributed by atoms with Crippen molar-refractivity contribution >= 4 is 6.03 Å². The van der Waals surface area contributed by atoms with Crippen LogP contribution in [0.2, 0.25) is 0 Å². The van der Waals surface area contributed by atoms with Crippen molar-refractivity contribution in [1.82, 2.24) is 15.5 Å². The molecule has 1 aliphatic carbocycles. The number of carbonyl (C=O) groups is 1. The van der Waals surface area contributed by atoms with Crippen molar-refractivity contribution in [2.24, 2.45) is 0 Å². The fourth-order valence-corrected chi connectivity index (χ4v) is 1.66. The zero-order valence-electron chi connectivity index (χ0n) is 9.88. The Bertz CT molecular complexity index is 188. The maximum Gasteiger partial charge on any atom is 0.315 e. The van der Waals surface area contributed by atoms with Gasteiger partial charge in [-0.05, 0) is 32.4 Å². The van der Waals surface area contributed by atoms with E-state index < -0.39 is 0 Å². The van der Waals surface area contributed by atoms with E-state index in [-0.39, 0.29) is 6.03 Å². The molecule has 1 rings (SSSR count). The number of likely N-dealkylation sites (N-methyl/N-ethyl adjacent to an activating group) is 1. The molecular formula is C11H23N3O. The van der Waals surface area contributed by atoms with Gasteiger partial charge in [-0.25, -0.2) is 4.79 Å². The van der Waals surface area contributed by atoms with E-state index in [0.29, 0.717) is 6.04 Å². The highest BCUT2D eigenvalue weighted by Gasteiger charge is 2.18. The van der Waals surface area contributed by atoms with Gasteiger partial charge in [0, 0.05) is 19.1 Å². The Morgan fingerprint density at radius 2 is 2.00 bits per heavy atom. The van der Waals surface area contributed by atoms with Gasteiger partial charge in [0.25, 0.3) is 0 Å². The molecule has 1 aliphatic rings. The van der Waals surface area contributed by atoms with Crippen molar-refractivity contribution in [3.8, 4) is 0 Å². The predicted molar refractivity (Wildman–Crippen MR) is 62.0 cm³/mol. The third-order valence-corrected chi connectivity index (χ3v) is 3.05. The second-order valence-corrected chi connectivity index (χ2v) is 4.05. The molecule has 0 spiro atoms. The van der Waals surface area contributed by atoms with Crippen LogP contribution in [0.3, 0.4) is 0 Å². The maximum absolute atomic E-state index is 11.4. The molecule has 4 nitrogen and oxygen atoms in total. The number of amides is 2. The van der Waals surface area contributed by atoms with E-state index in [9.17, 15) is 4.79 Å². The summed E-state index contributed by atoms with van der Waals surface area (Å²) in [6, 6.07) is 0.422. The highest BCUT2D eigenvalue weighted by Crippen LogP contribution is 2.17. The number of hydrogen-bond donors (Lipinski definition) is 2. The minimum absolute atomic E-state index is 0.00754. The predicted octanol–water partition coefficient (Wildman–Crippen LogP) is 1.18. The number of carbonyl (C=O) groups excluding carboxylic acids is 1. The van der Waals surface area contributed by atoms with Gasteiger partial charge in [0.15, 0.2) is 0 Å². The zero-order chi connectivity index (χ0) is 11.1. The first-order chi connectivity index (χ1) is 7.26. The highest BCUT2D eigenvalue weighted by molar-refractivity contribution is 5.74. The molecule has 0 saturated heterocycles. The van der Waals surface area contributed by atoms with Crippen LogP contribution in [0, 0.1) is 0 Å². The van der Waals surface area contributed by atoms with Crippen molar-refractivity contribution in [2.75, 3.05) is 26.2 Å². The molecule has 0 bridgehead atoms. The topological polar surface area (TPSA) is 44.4 Å². The van der Waals surface area contributed by atoms with E-state index in [1.165, 1.54) is 6.42 Å². The quantitative estimate of drug-likeness (QED) is 0.696. The van der Waals surface area contributed by atoms with Crippen molar-refractivity contribution in [3.05, 3.63) is 0 Å². The summed E-state index contributed by atoms with van der Waals surface area (Å²) < 4.78 is 0. The summed E-state index contributed by atoms with van der Waals surface area (Å²) in [7, 11) is 0. The number of nitrogens with one attached hydrogen (secondary N) is 2. The lowest BCUT2D eigenvalue weighted by Crippen LogP contribution is -2.46. The molecule has 0 atom stereocenters. The normalized spacial score (nSPS) is 16.2. The molecule has 0 aromatic rings. The van der Waals surface area contributed by atoms with Crippen molar-refractivity contribution in [1.29, 1.82) is 0 Å². The van der Waals surface area contributed by atoms with Crippen LogP contribution in [0.25, 0.3) is 0 Å². The van der Waals surface area contributed by atoms with Gasteiger partial charge in [0.2, 0.25) is 0 Å². The van der Waals surface area contributed by atoms with Crippen LogP contribution in [0.4, 0.5) is 4.79 Å². The first-order valence-electron chi connectivity index (χ1n) is 6.03. The summed E-state index contributed by atoms with van der Waals surface area (Å²) in [5.41, 5.74) is 0. The van der Waals surface area contributed by atoms with Gasteiger partial charge in [-0.1, -0.05) is 13.8 Å². The number of hydrogen-bond acceptors (Lipinski definition) is 2. The Balaban J connectivity index is 2.00. The fourth-order valence-electron chi connectivity index (χ4n) is 1.66. The van der Waals surface area contributed by atoms with E-state index in [1.807, 2.05) is 0 Å². The van der Waals surface area contributed by atoms with E-state index in [4.69, 9.17) is 0 Å². The summed E-state index contributed by atoms with van der Waals surface area (Å²) in [4.78, 5) is 13.7. The second kappa shape index (κ2) is 6.67. The van der Waals surface area contributed by atoms with Gasteiger partial charge in [0.1, 0.15) is 0 Å². The second-order valence-electron chi connectivity index (χ2n) is 4.05. The van der Waals surface area contributed by atoms with E-state index in [2.05, 4.69) is 29.4 Å². The minimum atomic E-state index is -0.00754. The molecular weight excluding hydrogens is 190 g/mol. The third-order valence-electron chi connectivity index (χ3n) is 3.05. The average Bonchev–Trinajstić information content (AvgIpc) is 2.18. The molecule has 0 heterocycles. The summed E-state index contributed by atoms with van der Waals surface area (Å²) >= 11 is 0. The molecule has 0 aromatic carbocycles. The monoisotopic (exact) mass is 213 g/mol. The minimum Gasteiger partial charge on any atom is -0.337 e. The lowest BCUT2D eigenvalue weighted by Gasteiger charge is -2.26. The maximum atomic E-state index is 11.4. The third kappa shape index (κ3) is 4.51. The zero-order valence-corrected chi connectivity index (χ0v) is 9.88. The lowest BCUT2D eigenvalue weighted by atomic mass is 9.93. The smallest absolute Gasteiger partial charge is 0.315 e. The summed E-state index contributed by atoms with van der Waals surface area (Å²) in [5, 5.41) is 5.85. The van der Waals surface area contributed by atoms with Gasteiger partial charge in [0.05, 0.1) is 0 Å². The van der Waals surface area contributed by atoms with Crippen LogP contribution in [0.1, 0.15) is 33.1 Å². The van der Waals surface area contributed by atoms with Crippen LogP contribution in [-0.2, 0) is 0 Å². The van der Waals surface area contributed by atoms with Gasteiger partial charge in [-0.15, -0.1) is 0 Å². The van der Waals surface area contributed by atoms with Crippen molar-refractivity contribution in [3.63, 3.8) is 0 Å². The van der Waals surface area contributed by atoms with E-state index >= 15 is 0 Å². The summed E-state index contributed by atoms with van der Waals surface area (Å²) in [6.45, 7) is 8.03. The largest absolute Gasteiger partial charge is 0.337 e. The summed E-state index contributed by atoms with van der Waals surface area (Å²) in [5.74, 6) is 0. The molecule has 4 heteroatoms. The molecule has 0 aliphatic heterocycles. The van der Waals surface area contributed by atoms with Gasteiger partial charge < -0.3 is 15.5 Å². The van der Waals surface area contributed by atoms with Gasteiger partial charge in [-0.2, -0.15) is 0 Å². The number of rotatable bonds is 6. The fraction of sp³-hybridized carbons (Fsp3) is 0.909.